The molecule has 3 aromatic heterocycles. The van der Waals surface area contributed by atoms with Crippen molar-refractivity contribution in [3.63, 3.8) is 0 Å². The zero-order valence-corrected chi connectivity index (χ0v) is 14.0. The van der Waals surface area contributed by atoms with E-state index in [9.17, 15) is 4.79 Å². The molecule has 0 bridgehead atoms. The summed E-state index contributed by atoms with van der Waals surface area (Å²) in [6.45, 7) is 7.33. The minimum absolute atomic E-state index is 0.0533. The Morgan fingerprint density at radius 3 is 2.88 bits per heavy atom. The van der Waals surface area contributed by atoms with E-state index in [0.717, 1.165) is 35.7 Å². The molecule has 8 nitrogen and oxygen atoms in total. The predicted octanol–water partition coefficient (Wildman–Crippen LogP) is 1.13. The maximum Gasteiger partial charge on any atom is 0.267 e. The van der Waals surface area contributed by atoms with Crippen molar-refractivity contribution in [3.05, 3.63) is 45.8 Å². The van der Waals surface area contributed by atoms with Crippen LogP contribution in [0.25, 0.3) is 5.78 Å². The first-order chi connectivity index (χ1) is 11.5. The van der Waals surface area contributed by atoms with Crippen LogP contribution in [-0.4, -0.2) is 35.9 Å². The van der Waals surface area contributed by atoms with E-state index in [0.29, 0.717) is 12.3 Å². The van der Waals surface area contributed by atoms with Gasteiger partial charge < -0.3 is 4.90 Å². The normalized spacial score (nSPS) is 14.4. The summed E-state index contributed by atoms with van der Waals surface area (Å²) >= 11 is 0. The van der Waals surface area contributed by atoms with E-state index in [1.54, 1.807) is 15.3 Å². The van der Waals surface area contributed by atoms with Gasteiger partial charge in [-0.3, -0.25) is 4.79 Å². The summed E-state index contributed by atoms with van der Waals surface area (Å²) in [4.78, 5) is 23.0. The Hall–Kier alpha value is -2.77. The van der Waals surface area contributed by atoms with Gasteiger partial charge in [-0.05, 0) is 20.8 Å². The molecule has 0 radical (unpaired) electrons. The van der Waals surface area contributed by atoms with E-state index in [4.69, 9.17) is 0 Å². The van der Waals surface area contributed by atoms with Crippen molar-refractivity contribution in [1.29, 1.82) is 0 Å². The highest BCUT2D eigenvalue weighted by Crippen LogP contribution is 2.23. The molecule has 0 spiro atoms. The molecule has 4 rings (SSSR count). The van der Waals surface area contributed by atoms with Crippen LogP contribution in [0.1, 0.15) is 36.8 Å². The molecule has 0 N–H and O–H groups in total. The van der Waals surface area contributed by atoms with Crippen LogP contribution in [0, 0.1) is 6.92 Å². The lowest BCUT2D eigenvalue weighted by atomic mass is 10.1. The highest BCUT2D eigenvalue weighted by molar-refractivity contribution is 5.49. The summed E-state index contributed by atoms with van der Waals surface area (Å²) in [6.07, 6.45) is 2.30. The third-order valence-corrected chi connectivity index (χ3v) is 4.28. The zero-order chi connectivity index (χ0) is 16.8. The van der Waals surface area contributed by atoms with Gasteiger partial charge in [0.1, 0.15) is 12.1 Å². The molecule has 1 aliphatic rings. The van der Waals surface area contributed by atoms with Crippen LogP contribution < -0.4 is 10.5 Å². The highest BCUT2D eigenvalue weighted by atomic mass is 16.1. The van der Waals surface area contributed by atoms with Crippen molar-refractivity contribution in [3.8, 4) is 0 Å². The number of aromatic nitrogens is 6. The fourth-order valence-electron chi connectivity index (χ4n) is 3.12. The first-order valence-corrected chi connectivity index (χ1v) is 8.07. The minimum atomic E-state index is -0.0533. The number of hydrogen-bond acceptors (Lipinski definition) is 6. The molecule has 3 aromatic rings. The summed E-state index contributed by atoms with van der Waals surface area (Å²) in [5.74, 6) is 1.53. The second-order valence-corrected chi connectivity index (χ2v) is 6.39. The first-order valence-electron chi connectivity index (χ1n) is 8.07. The summed E-state index contributed by atoms with van der Waals surface area (Å²) < 4.78 is 3.29. The van der Waals surface area contributed by atoms with Crippen LogP contribution in [0.4, 0.5) is 5.82 Å². The molecule has 8 heteroatoms. The van der Waals surface area contributed by atoms with E-state index in [1.807, 2.05) is 26.8 Å². The fourth-order valence-corrected chi connectivity index (χ4v) is 3.12. The highest BCUT2D eigenvalue weighted by Gasteiger charge is 2.22. The topological polar surface area (TPSA) is 81.2 Å². The average molecular weight is 325 g/mol. The van der Waals surface area contributed by atoms with Crippen molar-refractivity contribution < 1.29 is 0 Å². The van der Waals surface area contributed by atoms with E-state index >= 15 is 0 Å². The van der Waals surface area contributed by atoms with Gasteiger partial charge >= 0.3 is 0 Å². The third kappa shape index (κ3) is 2.34. The average Bonchev–Trinajstić information content (AvgIpc) is 3.00. The van der Waals surface area contributed by atoms with Gasteiger partial charge in [0.15, 0.2) is 0 Å². The van der Waals surface area contributed by atoms with Crippen molar-refractivity contribution >= 4 is 11.6 Å². The second-order valence-electron chi connectivity index (χ2n) is 6.39. The van der Waals surface area contributed by atoms with Crippen molar-refractivity contribution in [2.75, 3.05) is 11.4 Å². The summed E-state index contributed by atoms with van der Waals surface area (Å²) in [7, 11) is 0. The quantitative estimate of drug-likeness (QED) is 0.703. The van der Waals surface area contributed by atoms with E-state index < -0.39 is 0 Å². The van der Waals surface area contributed by atoms with Crippen LogP contribution in [0.3, 0.4) is 0 Å². The smallest absolute Gasteiger partial charge is 0.267 e. The molecule has 0 aliphatic carbocycles. The number of hydrogen-bond donors (Lipinski definition) is 0. The SMILES string of the molecule is Cc1cc(N2CCc3nn(C(C)C)c(=O)cc3C2)n2ncnc2n1. The molecule has 1 aliphatic heterocycles. The molecule has 0 fully saturated rings. The van der Waals surface area contributed by atoms with Crippen molar-refractivity contribution in [2.24, 2.45) is 0 Å². The molecular formula is C16H19N7O. The minimum Gasteiger partial charge on any atom is -0.352 e. The van der Waals surface area contributed by atoms with Gasteiger partial charge in [0, 0.05) is 42.9 Å². The maximum absolute atomic E-state index is 12.2. The van der Waals surface area contributed by atoms with Gasteiger partial charge in [0.25, 0.3) is 11.3 Å². The third-order valence-electron chi connectivity index (χ3n) is 4.28. The van der Waals surface area contributed by atoms with Crippen LogP contribution >= 0.6 is 0 Å². The van der Waals surface area contributed by atoms with Gasteiger partial charge in [0.2, 0.25) is 0 Å². The van der Waals surface area contributed by atoms with Gasteiger partial charge in [-0.1, -0.05) is 0 Å². The summed E-state index contributed by atoms with van der Waals surface area (Å²) in [5.41, 5.74) is 2.82. The largest absolute Gasteiger partial charge is 0.352 e. The van der Waals surface area contributed by atoms with Gasteiger partial charge in [-0.2, -0.15) is 19.7 Å². The zero-order valence-electron chi connectivity index (χ0n) is 14.0. The van der Waals surface area contributed by atoms with Crippen LogP contribution in [0.15, 0.2) is 23.3 Å². The Labute approximate surface area is 138 Å². The Morgan fingerprint density at radius 2 is 2.08 bits per heavy atom. The van der Waals surface area contributed by atoms with E-state index in [-0.39, 0.29) is 11.6 Å². The Balaban J connectivity index is 1.75. The number of nitrogens with zero attached hydrogens (tertiary/aromatic N) is 7. The Bertz CT molecular complexity index is 972. The molecule has 0 saturated heterocycles. The molecule has 0 atom stereocenters. The lowest BCUT2D eigenvalue weighted by Crippen LogP contribution is -2.36. The van der Waals surface area contributed by atoms with E-state index in [2.05, 4.69) is 25.1 Å². The summed E-state index contributed by atoms with van der Waals surface area (Å²) in [5, 5.41) is 8.81. The number of anilines is 1. The fraction of sp³-hybridized carbons (Fsp3) is 0.438. The maximum atomic E-state index is 12.2. The Kier molecular flexibility index (Phi) is 3.33. The molecule has 24 heavy (non-hydrogen) atoms. The Morgan fingerprint density at radius 1 is 1.25 bits per heavy atom. The summed E-state index contributed by atoms with van der Waals surface area (Å²) in [6, 6.07) is 3.77. The monoisotopic (exact) mass is 325 g/mol. The molecule has 0 amide bonds. The predicted molar refractivity (Wildman–Crippen MR) is 89.2 cm³/mol. The number of aryl methyl sites for hydroxylation is 1. The molecule has 0 saturated carbocycles. The van der Waals surface area contributed by atoms with Crippen LogP contribution in [0.2, 0.25) is 0 Å². The number of rotatable bonds is 2. The lowest BCUT2D eigenvalue weighted by Gasteiger charge is -2.30. The lowest BCUT2D eigenvalue weighted by molar-refractivity contribution is 0.484. The molecule has 0 aromatic carbocycles. The first kappa shape index (κ1) is 14.8. The van der Waals surface area contributed by atoms with Crippen molar-refractivity contribution in [1.82, 2.24) is 29.4 Å². The van der Waals surface area contributed by atoms with Gasteiger partial charge in [-0.25, -0.2) is 9.67 Å². The van der Waals surface area contributed by atoms with Crippen molar-refractivity contribution in [2.45, 2.75) is 39.8 Å². The molecule has 0 unspecified atom stereocenters. The molecular weight excluding hydrogens is 306 g/mol. The van der Waals surface area contributed by atoms with Gasteiger partial charge in [0.05, 0.1) is 11.7 Å². The van der Waals surface area contributed by atoms with Crippen LogP contribution in [0.5, 0.6) is 0 Å². The standard InChI is InChI=1S/C16H19N7O/c1-10(2)22-15(24)7-12-8-21(5-4-13(12)20-22)14-6-11(3)19-16-17-9-18-23(14)16/h6-7,9-10H,4-5,8H2,1-3H3. The van der Waals surface area contributed by atoms with E-state index in [1.165, 1.54) is 6.33 Å². The van der Waals surface area contributed by atoms with Gasteiger partial charge in [-0.15, -0.1) is 0 Å². The molecule has 124 valence electrons. The van der Waals surface area contributed by atoms with Crippen LogP contribution in [-0.2, 0) is 13.0 Å². The second kappa shape index (κ2) is 5.40. The number of fused-ring (bicyclic) bond motifs is 2. The molecule has 4 heterocycles.